The molecule has 0 radical (unpaired) electrons. The molecule has 0 aliphatic carbocycles. The largest absolute Gasteiger partial charge is 0.394 e. The van der Waals surface area contributed by atoms with E-state index in [0.717, 1.165) is 41.2 Å². The molecule has 0 aliphatic rings. The molecule has 17 N–H and O–H groups in total. The number of primary amides is 2. The zero-order chi connectivity index (χ0) is 44.5. The molecule has 0 bridgehead atoms. The van der Waals surface area contributed by atoms with Gasteiger partial charge in [-0.05, 0) is 73.5 Å². The maximum atomic E-state index is 12.4. The molecule has 60 heavy (non-hydrogen) atoms. The predicted molar refractivity (Wildman–Crippen MR) is 221 cm³/mol. The van der Waals surface area contributed by atoms with Gasteiger partial charge in [-0.25, -0.2) is 9.97 Å². The molecule has 1 heterocycles. The van der Waals surface area contributed by atoms with Crippen molar-refractivity contribution in [2.24, 2.45) is 22.2 Å². The van der Waals surface area contributed by atoms with E-state index < -0.39 is 93.0 Å². The number of halogens is 1. The number of unbranched alkanes of at least 4 members (excludes halogenated alkanes) is 1. The van der Waals surface area contributed by atoms with Crippen LogP contribution in [0.1, 0.15) is 53.0 Å². The third-order valence-electron chi connectivity index (χ3n) is 9.99. The van der Waals surface area contributed by atoms with Crippen LogP contribution in [0, 0.1) is 0 Å². The van der Waals surface area contributed by atoms with Crippen LogP contribution in [0.15, 0.2) is 47.6 Å². The summed E-state index contributed by atoms with van der Waals surface area (Å²) in [6.45, 7) is -1.87. The van der Waals surface area contributed by atoms with E-state index in [-0.39, 0.29) is 41.9 Å². The summed E-state index contributed by atoms with van der Waals surface area (Å²) in [5.41, 5.74) is 19.1. The number of hydrogen-bond donors (Lipinski definition) is 14. The number of rotatable bonds is 28. The molecule has 3 rings (SSSR count). The van der Waals surface area contributed by atoms with Crippen LogP contribution in [0.25, 0.3) is 10.8 Å². The van der Waals surface area contributed by atoms with Crippen LogP contribution in [0.3, 0.4) is 0 Å². The minimum absolute atomic E-state index is 0.0162. The first-order valence-electron chi connectivity index (χ1n) is 19.5. The average Bonchev–Trinajstić information content (AvgIpc) is 3.23. The highest BCUT2D eigenvalue weighted by Gasteiger charge is 2.34. The van der Waals surface area contributed by atoms with Gasteiger partial charge in [0.25, 0.3) is 5.91 Å². The standard InChI is InChI=1S/C39H59ClN8O12/c40-30-16-46-31(32(47-30)39(43)60)37(41)45-11-2-1-4-21-5-8-24-15-22(6-9-23(24)14-21)7-10-25(38(42)59)44-12-3-13-48(17-26(51)33(55)35(57)28(53)19-49)18-27(52)34(56)36(58)29(54)20-50/h5-6,8-9,14-16,25-29,33-36,44,49-58H,1-4,7,10-13,17-20H2,(H2,41,45)(H2,42,59)(H2,43,60)/t25-,26-,27-,28+,29+,33+,34+,35+,36+/m0/s1. The summed E-state index contributed by atoms with van der Waals surface area (Å²) >= 11 is 5.81. The van der Waals surface area contributed by atoms with Crippen molar-refractivity contribution in [1.29, 1.82) is 0 Å². The lowest BCUT2D eigenvalue weighted by atomic mass is 9.98. The van der Waals surface area contributed by atoms with Crippen LogP contribution in [0.5, 0.6) is 0 Å². The van der Waals surface area contributed by atoms with Gasteiger partial charge >= 0.3 is 0 Å². The SMILES string of the molecule is NC(=O)c1nc(Cl)cnc1C(N)=NCCCCc1ccc2cc(CC[C@H](NCCCN(C[C@H](O)[C@@H](O)[C@H](O)[C@H](O)CO)C[C@H](O)[C@@H](O)[C@H](O)[C@H](O)CO)C(N)=O)ccc2c1. The summed E-state index contributed by atoms with van der Waals surface area (Å²) in [5, 5.41) is 105. The van der Waals surface area contributed by atoms with Crippen molar-refractivity contribution in [3.8, 4) is 0 Å². The molecule has 0 fully saturated rings. The predicted octanol–water partition coefficient (Wildman–Crippen LogP) is -3.95. The second-order valence-corrected chi connectivity index (χ2v) is 15.0. The Morgan fingerprint density at radius 1 is 0.733 bits per heavy atom. The van der Waals surface area contributed by atoms with Crippen molar-refractivity contribution >= 4 is 40.0 Å². The summed E-state index contributed by atoms with van der Waals surface area (Å²) in [6, 6.07) is 11.5. The van der Waals surface area contributed by atoms with Gasteiger partial charge in [-0.15, -0.1) is 0 Å². The third kappa shape index (κ3) is 15.5. The molecule has 2 aromatic carbocycles. The monoisotopic (exact) mass is 866 g/mol. The van der Waals surface area contributed by atoms with Crippen molar-refractivity contribution in [2.45, 2.75) is 93.4 Å². The average molecular weight is 867 g/mol. The number of nitrogens with zero attached hydrogens (tertiary/aromatic N) is 4. The van der Waals surface area contributed by atoms with E-state index in [9.17, 15) is 50.4 Å². The van der Waals surface area contributed by atoms with E-state index in [1.807, 2.05) is 30.3 Å². The summed E-state index contributed by atoms with van der Waals surface area (Å²) < 4.78 is 0. The lowest BCUT2D eigenvalue weighted by Gasteiger charge is -2.33. The van der Waals surface area contributed by atoms with E-state index >= 15 is 0 Å². The number of nitrogens with one attached hydrogen (secondary N) is 1. The number of aliphatic hydroxyl groups excluding tert-OH is 10. The Morgan fingerprint density at radius 3 is 1.78 bits per heavy atom. The van der Waals surface area contributed by atoms with Crippen molar-refractivity contribution in [1.82, 2.24) is 20.2 Å². The Bertz CT molecular complexity index is 1820. The first-order chi connectivity index (χ1) is 28.5. The summed E-state index contributed by atoms with van der Waals surface area (Å²) in [5.74, 6) is -1.34. The number of carbonyl (C=O) groups is 2. The molecule has 1 aromatic heterocycles. The molecule has 3 aromatic rings. The minimum Gasteiger partial charge on any atom is -0.394 e. The van der Waals surface area contributed by atoms with Gasteiger partial charge in [-0.2, -0.15) is 0 Å². The van der Waals surface area contributed by atoms with E-state index in [1.54, 1.807) is 0 Å². The molecule has 9 atom stereocenters. The lowest BCUT2D eigenvalue weighted by Crippen LogP contribution is -2.53. The van der Waals surface area contributed by atoms with Gasteiger partial charge in [-0.1, -0.05) is 48.0 Å². The number of fused-ring (bicyclic) bond motifs is 1. The third-order valence-corrected chi connectivity index (χ3v) is 10.2. The van der Waals surface area contributed by atoms with Gasteiger partial charge in [0.2, 0.25) is 5.91 Å². The molecule has 0 aliphatic heterocycles. The van der Waals surface area contributed by atoms with Gasteiger partial charge in [-0.3, -0.25) is 19.5 Å². The Hall–Kier alpha value is -4.00. The molecule has 20 nitrogen and oxygen atoms in total. The normalized spacial score (nSPS) is 16.8. The summed E-state index contributed by atoms with van der Waals surface area (Å²) in [4.78, 5) is 37.7. The van der Waals surface area contributed by atoms with Crippen LogP contribution >= 0.6 is 11.6 Å². The molecule has 2 amide bonds. The molecule has 0 saturated carbocycles. The molecule has 21 heteroatoms. The molecule has 0 saturated heterocycles. The first kappa shape index (κ1) is 50.4. The highest BCUT2D eigenvalue weighted by Crippen LogP contribution is 2.21. The van der Waals surface area contributed by atoms with Gasteiger partial charge in [0.05, 0.1) is 37.7 Å². The van der Waals surface area contributed by atoms with Crippen LogP contribution < -0.4 is 22.5 Å². The first-order valence-corrected chi connectivity index (χ1v) is 19.9. The number of aromatic nitrogens is 2. The van der Waals surface area contributed by atoms with Gasteiger partial charge in [0, 0.05) is 19.6 Å². The quantitative estimate of drug-likeness (QED) is 0.0188. The number of amidine groups is 1. The number of nitrogens with two attached hydrogens (primary N) is 3. The van der Waals surface area contributed by atoms with Crippen molar-refractivity contribution in [2.75, 3.05) is 45.9 Å². The van der Waals surface area contributed by atoms with E-state index in [1.165, 1.54) is 11.1 Å². The van der Waals surface area contributed by atoms with E-state index in [2.05, 4.69) is 26.3 Å². The van der Waals surface area contributed by atoms with Crippen LogP contribution in [0.4, 0.5) is 0 Å². The number of aliphatic hydroxyl groups is 10. The molecule has 334 valence electrons. The van der Waals surface area contributed by atoms with Crippen molar-refractivity contribution < 1.29 is 60.7 Å². The maximum Gasteiger partial charge on any atom is 0.269 e. The molecule has 0 spiro atoms. The van der Waals surface area contributed by atoms with Gasteiger partial charge in [0.15, 0.2) is 5.69 Å². The van der Waals surface area contributed by atoms with Crippen LogP contribution in [-0.2, 0) is 17.6 Å². The van der Waals surface area contributed by atoms with Gasteiger partial charge in [0.1, 0.15) is 53.3 Å². The lowest BCUT2D eigenvalue weighted by molar-refractivity contribution is -0.130. The zero-order valence-electron chi connectivity index (χ0n) is 33.1. The Kier molecular flexibility index (Phi) is 21.0. The zero-order valence-corrected chi connectivity index (χ0v) is 33.9. The summed E-state index contributed by atoms with van der Waals surface area (Å²) in [7, 11) is 0. The topological polar surface area (TPSA) is 368 Å². The second-order valence-electron chi connectivity index (χ2n) is 14.7. The maximum absolute atomic E-state index is 12.4. The fourth-order valence-electron chi connectivity index (χ4n) is 6.46. The second kappa shape index (κ2) is 25.1. The minimum atomic E-state index is -1.91. The number of amides is 2. The van der Waals surface area contributed by atoms with Gasteiger partial charge < -0.3 is 73.6 Å². The highest BCUT2D eigenvalue weighted by atomic mass is 35.5. The fourth-order valence-corrected chi connectivity index (χ4v) is 6.59. The molecular weight excluding hydrogens is 808 g/mol. The number of benzene rings is 2. The number of carbonyl (C=O) groups excluding carboxylic acids is 2. The highest BCUT2D eigenvalue weighted by molar-refractivity contribution is 6.29. The number of aliphatic imine (C=N–C) groups is 1. The molecular formula is C39H59ClN8O12. The smallest absolute Gasteiger partial charge is 0.269 e. The Morgan fingerprint density at radius 2 is 1.27 bits per heavy atom. The number of hydrogen-bond acceptors (Lipinski definition) is 17. The van der Waals surface area contributed by atoms with E-state index in [4.69, 9.17) is 39.0 Å². The molecule has 0 unspecified atom stereocenters. The van der Waals surface area contributed by atoms with Crippen LogP contribution in [-0.4, -0.2) is 184 Å². The Labute approximate surface area is 352 Å². The fraction of sp³-hybridized carbons (Fsp3) is 0.564. The van der Waals surface area contributed by atoms with Crippen molar-refractivity contribution in [3.63, 3.8) is 0 Å². The van der Waals surface area contributed by atoms with Crippen LogP contribution in [0.2, 0.25) is 5.15 Å². The van der Waals surface area contributed by atoms with E-state index in [0.29, 0.717) is 19.4 Å². The van der Waals surface area contributed by atoms with Crippen molar-refractivity contribution in [3.05, 3.63) is 70.3 Å². The summed E-state index contributed by atoms with van der Waals surface area (Å²) in [6.07, 6.45) is -9.72. The number of aryl methyl sites for hydroxylation is 2. The Balaban J connectivity index is 1.53.